The van der Waals surface area contributed by atoms with E-state index in [2.05, 4.69) is 17.2 Å². The van der Waals surface area contributed by atoms with Gasteiger partial charge in [-0.25, -0.2) is 0 Å². The Kier molecular flexibility index (Phi) is 4.34. The van der Waals surface area contributed by atoms with Crippen molar-refractivity contribution < 1.29 is 14.6 Å². The Balaban J connectivity index is 1.82. The van der Waals surface area contributed by atoms with Crippen molar-refractivity contribution in [2.75, 3.05) is 6.61 Å². The fraction of sp³-hybridized carbons (Fsp3) is 0.471. The summed E-state index contributed by atoms with van der Waals surface area (Å²) in [5, 5.41) is 13.3. The lowest BCUT2D eigenvalue weighted by molar-refractivity contribution is -0.139. The molecule has 5 heteroatoms. The first-order chi connectivity index (χ1) is 10.7. The lowest BCUT2D eigenvalue weighted by Gasteiger charge is -2.20. The molecule has 118 valence electrons. The van der Waals surface area contributed by atoms with Crippen molar-refractivity contribution in [2.45, 2.75) is 45.2 Å². The average molecular weight is 302 g/mol. The molecule has 1 atom stereocenters. The molecule has 0 spiro atoms. The number of hydrogen-bond acceptors (Lipinski definition) is 3. The van der Waals surface area contributed by atoms with Crippen molar-refractivity contribution in [2.24, 2.45) is 0 Å². The molecule has 1 aliphatic rings. The van der Waals surface area contributed by atoms with E-state index in [0.29, 0.717) is 13.0 Å². The highest BCUT2D eigenvalue weighted by Crippen LogP contribution is 2.29. The normalized spacial score (nSPS) is 17.4. The Morgan fingerprint density at radius 3 is 3.05 bits per heavy atom. The maximum absolute atomic E-state index is 11.2. The van der Waals surface area contributed by atoms with Gasteiger partial charge >= 0.3 is 5.97 Å². The van der Waals surface area contributed by atoms with E-state index in [1.807, 2.05) is 18.2 Å². The molecule has 3 N–H and O–H groups in total. The SMILES string of the molecule is CCCCCOc1ccc2[nH]c3c(c2c1)CC(C(=O)O)NC3. The third kappa shape index (κ3) is 2.95. The van der Waals surface area contributed by atoms with E-state index in [9.17, 15) is 9.90 Å². The summed E-state index contributed by atoms with van der Waals surface area (Å²) >= 11 is 0. The van der Waals surface area contributed by atoms with Crippen LogP contribution >= 0.6 is 0 Å². The van der Waals surface area contributed by atoms with E-state index in [0.717, 1.165) is 40.9 Å². The minimum atomic E-state index is -0.799. The maximum atomic E-state index is 11.2. The third-order valence-corrected chi connectivity index (χ3v) is 4.21. The van der Waals surface area contributed by atoms with Crippen LogP contribution in [0.25, 0.3) is 10.9 Å². The van der Waals surface area contributed by atoms with Crippen LogP contribution in [-0.4, -0.2) is 28.7 Å². The van der Waals surface area contributed by atoms with Crippen LogP contribution in [0.4, 0.5) is 0 Å². The van der Waals surface area contributed by atoms with E-state index in [1.54, 1.807) is 0 Å². The molecule has 0 saturated carbocycles. The Hall–Kier alpha value is -2.01. The average Bonchev–Trinajstić information content (AvgIpc) is 2.88. The summed E-state index contributed by atoms with van der Waals surface area (Å²) in [6, 6.07) is 5.50. The van der Waals surface area contributed by atoms with Gasteiger partial charge in [0, 0.05) is 29.6 Å². The molecule has 0 aliphatic carbocycles. The second-order valence-electron chi connectivity index (χ2n) is 5.82. The minimum Gasteiger partial charge on any atom is -0.494 e. The second-order valence-corrected chi connectivity index (χ2v) is 5.82. The van der Waals surface area contributed by atoms with Crippen LogP contribution in [0.2, 0.25) is 0 Å². The van der Waals surface area contributed by atoms with Crippen LogP contribution in [0.1, 0.15) is 37.4 Å². The van der Waals surface area contributed by atoms with Gasteiger partial charge in [0.1, 0.15) is 11.8 Å². The lowest BCUT2D eigenvalue weighted by atomic mass is 9.98. The number of aliphatic carboxylic acids is 1. The van der Waals surface area contributed by atoms with Gasteiger partial charge in [-0.3, -0.25) is 10.1 Å². The topological polar surface area (TPSA) is 74.4 Å². The van der Waals surface area contributed by atoms with Crippen molar-refractivity contribution in [1.82, 2.24) is 10.3 Å². The second kappa shape index (κ2) is 6.40. The molecular formula is C17H22N2O3. The van der Waals surface area contributed by atoms with Gasteiger partial charge in [-0.05, 0) is 30.2 Å². The molecule has 3 rings (SSSR count). The van der Waals surface area contributed by atoms with Crippen LogP contribution in [-0.2, 0) is 17.8 Å². The zero-order valence-electron chi connectivity index (χ0n) is 12.8. The number of rotatable bonds is 6. The molecule has 1 aliphatic heterocycles. The van der Waals surface area contributed by atoms with Gasteiger partial charge in [-0.2, -0.15) is 0 Å². The summed E-state index contributed by atoms with van der Waals surface area (Å²) in [7, 11) is 0. The van der Waals surface area contributed by atoms with E-state index < -0.39 is 12.0 Å². The summed E-state index contributed by atoms with van der Waals surface area (Å²) < 4.78 is 5.81. The number of carboxylic acid groups (broad SMARTS) is 1. The largest absolute Gasteiger partial charge is 0.494 e. The van der Waals surface area contributed by atoms with Crippen molar-refractivity contribution in [3.63, 3.8) is 0 Å². The number of H-pyrrole nitrogens is 1. The first kappa shape index (κ1) is 14.9. The standard InChI is InChI=1S/C17H22N2O3/c1-2-3-4-7-22-11-5-6-14-12(8-11)13-9-15(17(20)21)18-10-16(13)19-14/h5-6,8,15,18-19H,2-4,7,9-10H2,1H3,(H,20,21). The van der Waals surface area contributed by atoms with Crippen LogP contribution in [0, 0.1) is 0 Å². The summed E-state index contributed by atoms with van der Waals surface area (Å²) in [5.41, 5.74) is 3.22. The number of carboxylic acids is 1. The highest BCUT2D eigenvalue weighted by atomic mass is 16.5. The quantitative estimate of drug-likeness (QED) is 0.717. The number of aromatic amines is 1. The van der Waals surface area contributed by atoms with Gasteiger partial charge in [0.15, 0.2) is 0 Å². The molecule has 1 aromatic heterocycles. The van der Waals surface area contributed by atoms with Crippen molar-refractivity contribution in [3.05, 3.63) is 29.5 Å². The van der Waals surface area contributed by atoms with E-state index in [4.69, 9.17) is 4.74 Å². The number of benzene rings is 1. The van der Waals surface area contributed by atoms with Gasteiger partial charge in [0.25, 0.3) is 0 Å². The molecule has 0 bridgehead atoms. The molecule has 0 amide bonds. The molecular weight excluding hydrogens is 280 g/mol. The van der Waals surface area contributed by atoms with Crippen molar-refractivity contribution in [1.29, 1.82) is 0 Å². The monoisotopic (exact) mass is 302 g/mol. The first-order valence-corrected chi connectivity index (χ1v) is 7.91. The van der Waals surface area contributed by atoms with Crippen molar-refractivity contribution in [3.8, 4) is 5.75 Å². The highest BCUT2D eigenvalue weighted by molar-refractivity contribution is 5.87. The smallest absolute Gasteiger partial charge is 0.321 e. The molecule has 1 aromatic carbocycles. The molecule has 0 saturated heterocycles. The number of hydrogen-bond donors (Lipinski definition) is 3. The molecule has 22 heavy (non-hydrogen) atoms. The molecule has 2 aromatic rings. The van der Waals surface area contributed by atoms with Crippen LogP contribution < -0.4 is 10.1 Å². The molecule has 0 radical (unpaired) electrons. The molecule has 2 heterocycles. The maximum Gasteiger partial charge on any atom is 0.321 e. The highest BCUT2D eigenvalue weighted by Gasteiger charge is 2.26. The Morgan fingerprint density at radius 1 is 1.41 bits per heavy atom. The van der Waals surface area contributed by atoms with Gasteiger partial charge in [0.2, 0.25) is 0 Å². The fourth-order valence-electron chi connectivity index (χ4n) is 2.97. The van der Waals surface area contributed by atoms with Crippen LogP contribution in [0.3, 0.4) is 0 Å². The van der Waals surface area contributed by atoms with E-state index in [1.165, 1.54) is 12.8 Å². The third-order valence-electron chi connectivity index (χ3n) is 4.21. The predicted octanol–water partition coefficient (Wildman–Crippen LogP) is 2.84. The summed E-state index contributed by atoms with van der Waals surface area (Å²) in [4.78, 5) is 14.6. The summed E-state index contributed by atoms with van der Waals surface area (Å²) in [6.45, 7) is 3.46. The van der Waals surface area contributed by atoms with Crippen LogP contribution in [0.15, 0.2) is 18.2 Å². The molecule has 0 fully saturated rings. The molecule has 1 unspecified atom stereocenters. The number of aromatic nitrogens is 1. The van der Waals surface area contributed by atoms with Crippen LogP contribution in [0.5, 0.6) is 5.75 Å². The van der Waals surface area contributed by atoms with E-state index in [-0.39, 0.29) is 0 Å². The Bertz CT molecular complexity index is 678. The number of carbonyl (C=O) groups is 1. The van der Waals surface area contributed by atoms with Crippen molar-refractivity contribution >= 4 is 16.9 Å². The van der Waals surface area contributed by atoms with Gasteiger partial charge < -0.3 is 14.8 Å². The first-order valence-electron chi connectivity index (χ1n) is 7.91. The predicted molar refractivity (Wildman–Crippen MR) is 85.3 cm³/mol. The number of fused-ring (bicyclic) bond motifs is 3. The van der Waals surface area contributed by atoms with E-state index >= 15 is 0 Å². The van der Waals surface area contributed by atoms with Gasteiger partial charge in [-0.15, -0.1) is 0 Å². The number of nitrogens with one attached hydrogen (secondary N) is 2. The molecule has 5 nitrogen and oxygen atoms in total. The van der Waals surface area contributed by atoms with Gasteiger partial charge in [0.05, 0.1) is 6.61 Å². The minimum absolute atomic E-state index is 0.504. The van der Waals surface area contributed by atoms with Gasteiger partial charge in [-0.1, -0.05) is 19.8 Å². The number of ether oxygens (including phenoxy) is 1. The Labute approximate surface area is 129 Å². The summed E-state index contributed by atoms with van der Waals surface area (Å²) in [6.07, 6.45) is 3.92. The zero-order chi connectivity index (χ0) is 15.5. The lowest BCUT2D eigenvalue weighted by Crippen LogP contribution is -2.41. The number of unbranched alkanes of at least 4 members (excludes halogenated alkanes) is 2. The fourth-order valence-corrected chi connectivity index (χ4v) is 2.97. The zero-order valence-corrected chi connectivity index (χ0v) is 12.8. The Morgan fingerprint density at radius 2 is 2.27 bits per heavy atom. The summed E-state index contributed by atoms with van der Waals surface area (Å²) in [5.74, 6) is 0.0581.